The summed E-state index contributed by atoms with van der Waals surface area (Å²) < 4.78 is 11.2. The minimum Gasteiger partial charge on any atom is -0.469 e. The maximum atomic E-state index is 11.9. The molecule has 1 aromatic carbocycles. The molecular formula is C17H17N3O4. The van der Waals surface area contributed by atoms with Gasteiger partial charge >= 0.3 is 5.76 Å². The van der Waals surface area contributed by atoms with E-state index in [4.69, 9.17) is 8.83 Å². The number of rotatable bonds is 6. The van der Waals surface area contributed by atoms with Crippen molar-refractivity contribution < 1.29 is 13.6 Å². The summed E-state index contributed by atoms with van der Waals surface area (Å²) in [6.45, 7) is 2.04. The summed E-state index contributed by atoms with van der Waals surface area (Å²) >= 11 is 0. The van der Waals surface area contributed by atoms with E-state index in [1.165, 1.54) is 6.26 Å². The van der Waals surface area contributed by atoms with Crippen molar-refractivity contribution in [3.63, 3.8) is 0 Å². The van der Waals surface area contributed by atoms with Gasteiger partial charge in [-0.1, -0.05) is 30.3 Å². The predicted molar refractivity (Wildman–Crippen MR) is 86.4 cm³/mol. The molecule has 1 N–H and O–H groups in total. The van der Waals surface area contributed by atoms with E-state index in [2.05, 4.69) is 10.4 Å². The molecule has 0 radical (unpaired) electrons. The van der Waals surface area contributed by atoms with Crippen molar-refractivity contribution in [1.29, 1.82) is 0 Å². The van der Waals surface area contributed by atoms with Gasteiger partial charge in [0.15, 0.2) is 0 Å². The number of aryl methyl sites for hydroxylation is 1. The third-order valence-corrected chi connectivity index (χ3v) is 3.57. The molecule has 0 unspecified atom stereocenters. The number of hydrogen-bond donors (Lipinski definition) is 1. The van der Waals surface area contributed by atoms with Crippen LogP contribution in [0.3, 0.4) is 0 Å². The van der Waals surface area contributed by atoms with Gasteiger partial charge in [-0.15, -0.1) is 5.10 Å². The van der Waals surface area contributed by atoms with Crippen LogP contribution >= 0.6 is 0 Å². The fraction of sp³-hybridized carbons (Fsp3) is 0.235. The summed E-state index contributed by atoms with van der Waals surface area (Å²) in [4.78, 5) is 23.7. The molecule has 124 valence electrons. The third-order valence-electron chi connectivity index (χ3n) is 3.57. The summed E-state index contributed by atoms with van der Waals surface area (Å²) in [6.07, 6.45) is 2.21. The fourth-order valence-corrected chi connectivity index (χ4v) is 2.30. The average Bonchev–Trinajstić information content (AvgIpc) is 3.14. The molecule has 2 aromatic heterocycles. The number of furan rings is 1. The lowest BCUT2D eigenvalue weighted by molar-refractivity contribution is -0.121. The van der Waals surface area contributed by atoms with Gasteiger partial charge in [-0.3, -0.25) is 4.79 Å². The van der Waals surface area contributed by atoms with Crippen LogP contribution in [-0.2, 0) is 17.8 Å². The van der Waals surface area contributed by atoms with Crippen LogP contribution in [0.15, 0.2) is 56.3 Å². The Kier molecular flexibility index (Phi) is 4.60. The molecule has 0 bridgehead atoms. The SMILES string of the molecule is Cc1occc1-c1nn(CC(=O)NCCc2ccccc2)c(=O)o1. The molecule has 1 amide bonds. The first-order chi connectivity index (χ1) is 11.6. The molecule has 2 heterocycles. The summed E-state index contributed by atoms with van der Waals surface area (Å²) in [5.41, 5.74) is 1.73. The van der Waals surface area contributed by atoms with Gasteiger partial charge in [0.05, 0.1) is 11.8 Å². The fourth-order valence-electron chi connectivity index (χ4n) is 2.30. The quantitative estimate of drug-likeness (QED) is 0.745. The van der Waals surface area contributed by atoms with Crippen LogP contribution in [0.1, 0.15) is 11.3 Å². The van der Waals surface area contributed by atoms with Gasteiger partial charge in [0.2, 0.25) is 5.91 Å². The molecule has 24 heavy (non-hydrogen) atoms. The van der Waals surface area contributed by atoms with Gasteiger partial charge in [-0.25, -0.2) is 4.79 Å². The molecule has 0 aliphatic carbocycles. The lowest BCUT2D eigenvalue weighted by Gasteiger charge is -2.04. The number of benzene rings is 1. The maximum Gasteiger partial charge on any atom is 0.437 e. The Morgan fingerprint density at radius 2 is 2.04 bits per heavy atom. The van der Waals surface area contributed by atoms with E-state index < -0.39 is 5.76 Å². The molecule has 3 rings (SSSR count). The topological polar surface area (TPSA) is 90.3 Å². The summed E-state index contributed by atoms with van der Waals surface area (Å²) in [5, 5.41) is 6.80. The molecule has 7 heteroatoms. The second-order valence-electron chi connectivity index (χ2n) is 5.31. The molecule has 0 aliphatic heterocycles. The second-order valence-corrected chi connectivity index (χ2v) is 5.31. The highest BCUT2D eigenvalue weighted by molar-refractivity contribution is 5.75. The minimum atomic E-state index is -0.677. The zero-order chi connectivity index (χ0) is 16.9. The number of aromatic nitrogens is 2. The first-order valence-electron chi connectivity index (χ1n) is 7.56. The van der Waals surface area contributed by atoms with Gasteiger partial charge in [0, 0.05) is 6.54 Å². The number of hydrogen-bond acceptors (Lipinski definition) is 5. The van der Waals surface area contributed by atoms with E-state index in [0.717, 1.165) is 16.7 Å². The molecule has 7 nitrogen and oxygen atoms in total. The Balaban J connectivity index is 1.58. The molecule has 3 aromatic rings. The Labute approximate surface area is 137 Å². The number of carbonyl (C=O) groups is 1. The van der Waals surface area contributed by atoms with E-state index >= 15 is 0 Å². The predicted octanol–water partition coefficient (Wildman–Crippen LogP) is 1.76. The summed E-state index contributed by atoms with van der Waals surface area (Å²) in [6, 6.07) is 11.5. The smallest absolute Gasteiger partial charge is 0.437 e. The lowest BCUT2D eigenvalue weighted by Crippen LogP contribution is -2.32. The van der Waals surface area contributed by atoms with E-state index in [9.17, 15) is 9.59 Å². The van der Waals surface area contributed by atoms with Crippen molar-refractivity contribution in [3.8, 4) is 11.5 Å². The molecule has 0 saturated carbocycles. The Morgan fingerprint density at radius 1 is 1.25 bits per heavy atom. The van der Waals surface area contributed by atoms with Crippen molar-refractivity contribution in [1.82, 2.24) is 15.1 Å². The maximum absolute atomic E-state index is 11.9. The van der Waals surface area contributed by atoms with Crippen LogP contribution in [-0.4, -0.2) is 22.2 Å². The van der Waals surface area contributed by atoms with Crippen LogP contribution in [0.5, 0.6) is 0 Å². The Morgan fingerprint density at radius 3 is 2.75 bits per heavy atom. The van der Waals surface area contributed by atoms with Crippen molar-refractivity contribution in [2.75, 3.05) is 6.54 Å². The van der Waals surface area contributed by atoms with E-state index in [0.29, 0.717) is 17.9 Å². The van der Waals surface area contributed by atoms with E-state index in [1.807, 2.05) is 30.3 Å². The normalized spacial score (nSPS) is 10.7. The highest BCUT2D eigenvalue weighted by Gasteiger charge is 2.15. The van der Waals surface area contributed by atoms with Crippen LogP contribution in [0, 0.1) is 6.92 Å². The number of nitrogens with zero attached hydrogens (tertiary/aromatic N) is 2. The van der Waals surface area contributed by atoms with Gasteiger partial charge in [0.25, 0.3) is 5.89 Å². The molecular weight excluding hydrogens is 310 g/mol. The monoisotopic (exact) mass is 327 g/mol. The van der Waals surface area contributed by atoms with Crippen molar-refractivity contribution in [2.24, 2.45) is 0 Å². The number of nitrogens with one attached hydrogen (secondary N) is 1. The molecule has 0 atom stereocenters. The second kappa shape index (κ2) is 6.99. The van der Waals surface area contributed by atoms with Crippen molar-refractivity contribution in [2.45, 2.75) is 19.9 Å². The number of carbonyl (C=O) groups excluding carboxylic acids is 1. The molecule has 0 aliphatic rings. The standard InChI is InChI=1S/C17H17N3O4/c1-12-14(8-10-23-12)16-19-20(17(22)24-16)11-15(21)18-9-7-13-5-3-2-4-6-13/h2-6,8,10H,7,9,11H2,1H3,(H,18,21). The van der Waals surface area contributed by atoms with Crippen LogP contribution in [0.4, 0.5) is 0 Å². The van der Waals surface area contributed by atoms with Gasteiger partial charge < -0.3 is 14.2 Å². The van der Waals surface area contributed by atoms with Crippen molar-refractivity contribution >= 4 is 5.91 Å². The first-order valence-corrected chi connectivity index (χ1v) is 7.56. The zero-order valence-electron chi connectivity index (χ0n) is 13.2. The Bertz CT molecular complexity index is 877. The summed E-state index contributed by atoms with van der Waals surface area (Å²) in [7, 11) is 0. The Hall–Kier alpha value is -3.09. The van der Waals surface area contributed by atoms with E-state index in [-0.39, 0.29) is 18.3 Å². The number of amides is 1. The highest BCUT2D eigenvalue weighted by atomic mass is 16.4. The highest BCUT2D eigenvalue weighted by Crippen LogP contribution is 2.20. The average molecular weight is 327 g/mol. The van der Waals surface area contributed by atoms with Gasteiger partial charge in [-0.2, -0.15) is 4.68 Å². The summed E-state index contributed by atoms with van der Waals surface area (Å²) in [5.74, 6) is -0.236. The zero-order valence-corrected chi connectivity index (χ0v) is 13.2. The minimum absolute atomic E-state index is 0.142. The first kappa shape index (κ1) is 15.8. The molecule has 0 spiro atoms. The van der Waals surface area contributed by atoms with Crippen molar-refractivity contribution in [3.05, 3.63) is 64.5 Å². The van der Waals surface area contributed by atoms with Crippen LogP contribution < -0.4 is 11.1 Å². The largest absolute Gasteiger partial charge is 0.469 e. The third kappa shape index (κ3) is 3.62. The van der Waals surface area contributed by atoms with Crippen LogP contribution in [0.25, 0.3) is 11.5 Å². The molecule has 0 fully saturated rings. The van der Waals surface area contributed by atoms with E-state index in [1.54, 1.807) is 13.0 Å². The van der Waals surface area contributed by atoms with Gasteiger partial charge in [0.1, 0.15) is 12.3 Å². The van der Waals surface area contributed by atoms with Crippen LogP contribution in [0.2, 0.25) is 0 Å². The molecule has 0 saturated heterocycles. The lowest BCUT2D eigenvalue weighted by atomic mass is 10.1. The van der Waals surface area contributed by atoms with Gasteiger partial charge in [-0.05, 0) is 25.0 Å².